The molecule has 18 heavy (non-hydrogen) atoms. The lowest BCUT2D eigenvalue weighted by Gasteiger charge is -2.27. The molecule has 0 radical (unpaired) electrons. The SMILES string of the molecule is CCC1(CC)CCN(c2ccc(N)cc2C#N)C1. The number of rotatable bonds is 3. The standard InChI is InChI=1S/C15H21N3/c1-3-15(4-2)7-8-18(11-15)14-6-5-13(17)9-12(14)10-16/h5-6,9H,3-4,7-8,11,17H2,1-2H3. The molecule has 1 aliphatic heterocycles. The molecular formula is C15H21N3. The number of hydrogen-bond donors (Lipinski definition) is 1. The molecule has 3 heteroatoms. The zero-order chi connectivity index (χ0) is 13.2. The van der Waals surface area contributed by atoms with Gasteiger partial charge in [0.05, 0.1) is 11.3 Å². The molecule has 0 aromatic heterocycles. The highest BCUT2D eigenvalue weighted by Gasteiger charge is 2.35. The summed E-state index contributed by atoms with van der Waals surface area (Å²) < 4.78 is 0. The molecule has 0 atom stereocenters. The first-order valence-corrected chi connectivity index (χ1v) is 6.68. The van der Waals surface area contributed by atoms with Gasteiger partial charge in [-0.05, 0) is 42.9 Å². The van der Waals surface area contributed by atoms with E-state index in [0.717, 1.165) is 18.8 Å². The summed E-state index contributed by atoms with van der Waals surface area (Å²) in [4.78, 5) is 2.34. The van der Waals surface area contributed by atoms with E-state index in [1.807, 2.05) is 12.1 Å². The van der Waals surface area contributed by atoms with E-state index >= 15 is 0 Å². The number of nitrogens with two attached hydrogens (primary N) is 1. The molecule has 3 nitrogen and oxygen atoms in total. The van der Waals surface area contributed by atoms with Gasteiger partial charge in [0.25, 0.3) is 0 Å². The Morgan fingerprint density at radius 1 is 1.39 bits per heavy atom. The molecule has 2 N–H and O–H groups in total. The van der Waals surface area contributed by atoms with E-state index in [4.69, 9.17) is 5.73 Å². The van der Waals surface area contributed by atoms with Gasteiger partial charge in [0.15, 0.2) is 0 Å². The van der Waals surface area contributed by atoms with Crippen molar-refractivity contribution in [2.75, 3.05) is 23.7 Å². The van der Waals surface area contributed by atoms with Crippen molar-refractivity contribution in [3.63, 3.8) is 0 Å². The molecule has 1 fully saturated rings. The fraction of sp³-hybridized carbons (Fsp3) is 0.533. The first kappa shape index (κ1) is 12.8. The molecule has 1 aromatic carbocycles. The normalized spacial score (nSPS) is 17.7. The largest absolute Gasteiger partial charge is 0.399 e. The second-order valence-corrected chi connectivity index (χ2v) is 5.27. The fourth-order valence-electron chi connectivity index (χ4n) is 2.89. The first-order chi connectivity index (χ1) is 8.64. The van der Waals surface area contributed by atoms with E-state index in [0.29, 0.717) is 16.7 Å². The third-order valence-electron chi connectivity index (χ3n) is 4.42. The minimum absolute atomic E-state index is 0.425. The third kappa shape index (κ3) is 2.15. The van der Waals surface area contributed by atoms with Crippen molar-refractivity contribution in [3.05, 3.63) is 23.8 Å². The third-order valence-corrected chi connectivity index (χ3v) is 4.42. The van der Waals surface area contributed by atoms with E-state index in [9.17, 15) is 5.26 Å². The van der Waals surface area contributed by atoms with Crippen LogP contribution in [0.4, 0.5) is 11.4 Å². The maximum atomic E-state index is 9.22. The Morgan fingerprint density at radius 3 is 2.67 bits per heavy atom. The van der Waals surface area contributed by atoms with Crippen LogP contribution in [-0.2, 0) is 0 Å². The van der Waals surface area contributed by atoms with E-state index < -0.39 is 0 Å². The monoisotopic (exact) mass is 243 g/mol. The summed E-state index contributed by atoms with van der Waals surface area (Å²) in [6.45, 7) is 6.63. The Balaban J connectivity index is 2.27. The van der Waals surface area contributed by atoms with Gasteiger partial charge >= 0.3 is 0 Å². The maximum Gasteiger partial charge on any atom is 0.101 e. The molecule has 2 rings (SSSR count). The molecule has 0 saturated carbocycles. The Hall–Kier alpha value is -1.69. The Kier molecular flexibility index (Phi) is 3.47. The topological polar surface area (TPSA) is 53.0 Å². The number of nitriles is 1. The van der Waals surface area contributed by atoms with Gasteiger partial charge in [-0.25, -0.2) is 0 Å². The summed E-state index contributed by atoms with van der Waals surface area (Å²) in [6.07, 6.45) is 3.63. The van der Waals surface area contributed by atoms with Crippen molar-refractivity contribution in [1.82, 2.24) is 0 Å². The second kappa shape index (κ2) is 4.89. The highest BCUT2D eigenvalue weighted by atomic mass is 15.2. The molecule has 1 aromatic rings. The molecular weight excluding hydrogens is 222 g/mol. The number of anilines is 2. The van der Waals surface area contributed by atoms with Gasteiger partial charge in [-0.2, -0.15) is 5.26 Å². The first-order valence-electron chi connectivity index (χ1n) is 6.68. The lowest BCUT2D eigenvalue weighted by Crippen LogP contribution is -2.26. The van der Waals surface area contributed by atoms with Crippen molar-refractivity contribution in [2.24, 2.45) is 5.41 Å². The molecule has 1 saturated heterocycles. The number of hydrogen-bond acceptors (Lipinski definition) is 3. The fourth-order valence-corrected chi connectivity index (χ4v) is 2.89. The van der Waals surface area contributed by atoms with Crippen LogP contribution < -0.4 is 10.6 Å². The average molecular weight is 243 g/mol. The van der Waals surface area contributed by atoms with Crippen molar-refractivity contribution < 1.29 is 0 Å². The van der Waals surface area contributed by atoms with Crippen LogP contribution in [0.15, 0.2) is 18.2 Å². The van der Waals surface area contributed by atoms with E-state index in [-0.39, 0.29) is 0 Å². The van der Waals surface area contributed by atoms with Crippen molar-refractivity contribution in [1.29, 1.82) is 5.26 Å². The average Bonchev–Trinajstić information content (AvgIpc) is 2.83. The molecule has 0 amide bonds. The Bertz CT molecular complexity index is 469. The molecule has 0 aliphatic carbocycles. The molecule has 1 aliphatic rings. The molecule has 0 bridgehead atoms. The molecule has 0 spiro atoms. The van der Waals surface area contributed by atoms with Crippen LogP contribution in [-0.4, -0.2) is 13.1 Å². The van der Waals surface area contributed by atoms with Gasteiger partial charge in [-0.3, -0.25) is 0 Å². The van der Waals surface area contributed by atoms with Crippen molar-refractivity contribution >= 4 is 11.4 Å². The van der Waals surface area contributed by atoms with Crippen LogP contribution in [0.3, 0.4) is 0 Å². The smallest absolute Gasteiger partial charge is 0.101 e. The van der Waals surface area contributed by atoms with Gasteiger partial charge < -0.3 is 10.6 Å². The van der Waals surface area contributed by atoms with Crippen molar-refractivity contribution in [3.8, 4) is 6.07 Å². The van der Waals surface area contributed by atoms with Crippen molar-refractivity contribution in [2.45, 2.75) is 33.1 Å². The summed E-state index contributed by atoms with van der Waals surface area (Å²) in [5.74, 6) is 0. The predicted octanol–water partition coefficient (Wildman–Crippen LogP) is 3.16. The van der Waals surface area contributed by atoms with Gasteiger partial charge in [0, 0.05) is 18.8 Å². The Labute approximate surface area is 109 Å². The minimum atomic E-state index is 0.425. The van der Waals surface area contributed by atoms with Gasteiger partial charge in [0.2, 0.25) is 0 Å². The van der Waals surface area contributed by atoms with Crippen LogP contribution in [0.5, 0.6) is 0 Å². The number of nitrogens with zero attached hydrogens (tertiary/aromatic N) is 2. The van der Waals surface area contributed by atoms with E-state index in [1.165, 1.54) is 19.3 Å². The molecule has 96 valence electrons. The summed E-state index contributed by atoms with van der Waals surface area (Å²) >= 11 is 0. The van der Waals surface area contributed by atoms with Crippen LogP contribution in [0, 0.1) is 16.7 Å². The predicted molar refractivity (Wildman–Crippen MR) is 75.4 cm³/mol. The number of nitrogen functional groups attached to an aromatic ring is 1. The molecule has 1 heterocycles. The maximum absolute atomic E-state index is 9.22. The Morgan fingerprint density at radius 2 is 2.11 bits per heavy atom. The number of benzene rings is 1. The summed E-state index contributed by atoms with van der Waals surface area (Å²) in [7, 11) is 0. The summed E-state index contributed by atoms with van der Waals surface area (Å²) in [5, 5.41) is 9.22. The summed E-state index contributed by atoms with van der Waals surface area (Å²) in [6, 6.07) is 7.89. The zero-order valence-electron chi connectivity index (χ0n) is 11.2. The quantitative estimate of drug-likeness (QED) is 0.830. The van der Waals surface area contributed by atoms with Crippen LogP contribution in [0.2, 0.25) is 0 Å². The van der Waals surface area contributed by atoms with Crippen LogP contribution >= 0.6 is 0 Å². The van der Waals surface area contributed by atoms with Gasteiger partial charge in [-0.15, -0.1) is 0 Å². The zero-order valence-corrected chi connectivity index (χ0v) is 11.2. The summed E-state index contributed by atoms with van der Waals surface area (Å²) in [5.41, 5.74) is 8.55. The van der Waals surface area contributed by atoms with E-state index in [1.54, 1.807) is 6.07 Å². The highest BCUT2D eigenvalue weighted by molar-refractivity contribution is 5.64. The molecule has 0 unspecified atom stereocenters. The van der Waals surface area contributed by atoms with Gasteiger partial charge in [0.1, 0.15) is 6.07 Å². The minimum Gasteiger partial charge on any atom is -0.399 e. The second-order valence-electron chi connectivity index (χ2n) is 5.27. The highest BCUT2D eigenvalue weighted by Crippen LogP contribution is 2.39. The van der Waals surface area contributed by atoms with E-state index in [2.05, 4.69) is 24.8 Å². The lowest BCUT2D eigenvalue weighted by molar-refractivity contribution is 0.301. The van der Waals surface area contributed by atoms with Crippen LogP contribution in [0.25, 0.3) is 0 Å². The lowest BCUT2D eigenvalue weighted by atomic mass is 9.82. The van der Waals surface area contributed by atoms with Gasteiger partial charge in [-0.1, -0.05) is 13.8 Å². The van der Waals surface area contributed by atoms with Crippen LogP contribution in [0.1, 0.15) is 38.7 Å².